The van der Waals surface area contributed by atoms with Crippen LogP contribution in [0, 0.1) is 0 Å². The fraction of sp³-hybridized carbons (Fsp3) is 0.625. The molecule has 0 spiro atoms. The first-order valence-electron chi connectivity index (χ1n) is 8.02. The van der Waals surface area contributed by atoms with E-state index in [1.165, 1.54) is 4.31 Å². The summed E-state index contributed by atoms with van der Waals surface area (Å²) in [4.78, 5) is 1.98. The summed E-state index contributed by atoms with van der Waals surface area (Å²) in [6.45, 7) is 2.57. The predicted octanol–water partition coefficient (Wildman–Crippen LogP) is 1.06. The fourth-order valence-electron chi connectivity index (χ4n) is 2.50. The van der Waals surface area contributed by atoms with Gasteiger partial charge in [0.05, 0.1) is 6.10 Å². The van der Waals surface area contributed by atoms with Crippen LogP contribution in [0.1, 0.15) is 18.4 Å². The molecule has 0 radical (unpaired) electrons. The molecule has 0 amide bonds. The maximum Gasteiger partial charge on any atom is 0.279 e. The highest BCUT2D eigenvalue weighted by Gasteiger charge is 2.27. The van der Waals surface area contributed by atoms with Crippen LogP contribution in [0.25, 0.3) is 0 Å². The SMILES string of the molecule is CN(C)CCN(CC1CCCO1)S(=O)(=O)NCc1ccccc1. The molecule has 1 heterocycles. The second kappa shape index (κ2) is 8.75. The van der Waals surface area contributed by atoms with Crippen LogP contribution in [0.5, 0.6) is 0 Å². The van der Waals surface area contributed by atoms with Gasteiger partial charge in [-0.2, -0.15) is 17.4 Å². The molecule has 1 atom stereocenters. The number of nitrogens with one attached hydrogen (secondary N) is 1. The molecule has 1 aromatic rings. The molecule has 7 heteroatoms. The van der Waals surface area contributed by atoms with E-state index in [-0.39, 0.29) is 6.10 Å². The van der Waals surface area contributed by atoms with Gasteiger partial charge in [0.25, 0.3) is 10.2 Å². The summed E-state index contributed by atoms with van der Waals surface area (Å²) >= 11 is 0. The van der Waals surface area contributed by atoms with Crippen molar-refractivity contribution in [2.75, 3.05) is 40.3 Å². The minimum absolute atomic E-state index is 0.00506. The fourth-order valence-corrected chi connectivity index (χ4v) is 3.71. The van der Waals surface area contributed by atoms with Gasteiger partial charge >= 0.3 is 0 Å². The second-order valence-corrected chi connectivity index (χ2v) is 7.86. The molecule has 23 heavy (non-hydrogen) atoms. The van der Waals surface area contributed by atoms with Gasteiger partial charge in [-0.1, -0.05) is 30.3 Å². The van der Waals surface area contributed by atoms with Gasteiger partial charge in [0.2, 0.25) is 0 Å². The molecule has 1 N–H and O–H groups in total. The quantitative estimate of drug-likeness (QED) is 0.730. The molecule has 130 valence electrons. The molecule has 0 aromatic heterocycles. The van der Waals surface area contributed by atoms with Gasteiger partial charge in [-0.25, -0.2) is 0 Å². The standard InChI is InChI=1S/C16H27N3O3S/c1-18(2)10-11-19(14-16-9-6-12-22-16)23(20,21)17-13-15-7-4-3-5-8-15/h3-5,7-8,16-17H,6,9-14H2,1-2H3. The van der Waals surface area contributed by atoms with E-state index in [0.717, 1.165) is 25.0 Å². The zero-order chi connectivity index (χ0) is 16.7. The van der Waals surface area contributed by atoms with Crippen LogP contribution < -0.4 is 4.72 Å². The van der Waals surface area contributed by atoms with Crippen LogP contribution in [-0.4, -0.2) is 64.1 Å². The third kappa shape index (κ3) is 6.19. The van der Waals surface area contributed by atoms with Gasteiger partial charge < -0.3 is 9.64 Å². The van der Waals surface area contributed by atoms with Crippen molar-refractivity contribution in [1.29, 1.82) is 0 Å². The smallest absolute Gasteiger partial charge is 0.279 e. The van der Waals surface area contributed by atoms with Crippen molar-refractivity contribution in [3.05, 3.63) is 35.9 Å². The second-order valence-electron chi connectivity index (χ2n) is 6.11. The lowest BCUT2D eigenvalue weighted by atomic mass is 10.2. The Labute approximate surface area is 139 Å². The van der Waals surface area contributed by atoms with Crippen LogP contribution in [0.3, 0.4) is 0 Å². The molecule has 1 unspecified atom stereocenters. The lowest BCUT2D eigenvalue weighted by Crippen LogP contribution is -2.46. The zero-order valence-electron chi connectivity index (χ0n) is 13.9. The summed E-state index contributed by atoms with van der Waals surface area (Å²) in [6, 6.07) is 9.54. The number of benzene rings is 1. The highest BCUT2D eigenvalue weighted by Crippen LogP contribution is 2.15. The van der Waals surface area contributed by atoms with Crippen molar-refractivity contribution in [2.24, 2.45) is 0 Å². The molecule has 6 nitrogen and oxygen atoms in total. The van der Waals surface area contributed by atoms with E-state index in [4.69, 9.17) is 4.74 Å². The molecule has 1 fully saturated rings. The van der Waals surface area contributed by atoms with Crippen LogP contribution in [0.2, 0.25) is 0 Å². The Morgan fingerprint density at radius 2 is 1.96 bits per heavy atom. The first-order valence-corrected chi connectivity index (χ1v) is 9.46. The van der Waals surface area contributed by atoms with Gasteiger partial charge in [-0.3, -0.25) is 0 Å². The van der Waals surface area contributed by atoms with Crippen LogP contribution in [0.15, 0.2) is 30.3 Å². The van der Waals surface area contributed by atoms with Gasteiger partial charge in [0.1, 0.15) is 0 Å². The molecule has 0 bridgehead atoms. The molecule has 1 aromatic carbocycles. The van der Waals surface area contributed by atoms with Crippen molar-refractivity contribution < 1.29 is 13.2 Å². The lowest BCUT2D eigenvalue weighted by molar-refractivity contribution is 0.0922. The topological polar surface area (TPSA) is 61.9 Å². The van der Waals surface area contributed by atoms with Crippen LogP contribution in [0.4, 0.5) is 0 Å². The predicted molar refractivity (Wildman–Crippen MR) is 91.3 cm³/mol. The Balaban J connectivity index is 1.98. The monoisotopic (exact) mass is 341 g/mol. The first-order chi connectivity index (χ1) is 11.0. The Morgan fingerprint density at radius 1 is 1.22 bits per heavy atom. The molecule has 2 rings (SSSR count). The Morgan fingerprint density at radius 3 is 2.57 bits per heavy atom. The number of likely N-dealkylation sites (N-methyl/N-ethyl adjacent to an activating group) is 1. The molecule has 1 aliphatic rings. The van der Waals surface area contributed by atoms with Gasteiger partial charge in [-0.05, 0) is 32.5 Å². The third-order valence-corrected chi connectivity index (χ3v) is 5.39. The lowest BCUT2D eigenvalue weighted by Gasteiger charge is -2.26. The molecular weight excluding hydrogens is 314 g/mol. The summed E-state index contributed by atoms with van der Waals surface area (Å²) in [6.07, 6.45) is 1.93. The van der Waals surface area contributed by atoms with Crippen molar-refractivity contribution in [3.8, 4) is 0 Å². The summed E-state index contributed by atoms with van der Waals surface area (Å²) in [5, 5.41) is 0. The molecule has 1 saturated heterocycles. The van der Waals surface area contributed by atoms with E-state index in [1.807, 2.05) is 49.3 Å². The Hall–Kier alpha value is -0.990. The minimum Gasteiger partial charge on any atom is -0.377 e. The Kier molecular flexibility index (Phi) is 6.98. The maximum absolute atomic E-state index is 12.6. The summed E-state index contributed by atoms with van der Waals surface area (Å²) < 4.78 is 35.1. The van der Waals surface area contributed by atoms with E-state index < -0.39 is 10.2 Å². The normalized spacial score (nSPS) is 18.9. The number of nitrogens with zero attached hydrogens (tertiary/aromatic N) is 2. The van der Waals surface area contributed by atoms with Gasteiger partial charge in [0.15, 0.2) is 0 Å². The van der Waals surface area contributed by atoms with Gasteiger partial charge in [0, 0.05) is 32.8 Å². The van der Waals surface area contributed by atoms with Crippen molar-refractivity contribution in [2.45, 2.75) is 25.5 Å². The van der Waals surface area contributed by atoms with Crippen molar-refractivity contribution in [3.63, 3.8) is 0 Å². The highest BCUT2D eigenvalue weighted by molar-refractivity contribution is 7.87. The van der Waals surface area contributed by atoms with Crippen molar-refractivity contribution >= 4 is 10.2 Å². The summed E-state index contributed by atoms with van der Waals surface area (Å²) in [5.74, 6) is 0. The van der Waals surface area contributed by atoms with E-state index in [0.29, 0.717) is 26.2 Å². The minimum atomic E-state index is -3.53. The third-order valence-electron chi connectivity index (χ3n) is 3.87. The average Bonchev–Trinajstić information content (AvgIpc) is 3.03. The zero-order valence-corrected chi connectivity index (χ0v) is 14.8. The van der Waals surface area contributed by atoms with E-state index in [2.05, 4.69) is 4.72 Å². The van der Waals surface area contributed by atoms with Crippen molar-refractivity contribution in [1.82, 2.24) is 13.9 Å². The molecule has 0 saturated carbocycles. The first kappa shape index (κ1) is 18.4. The summed E-state index contributed by atoms with van der Waals surface area (Å²) in [5.41, 5.74) is 0.945. The van der Waals surface area contributed by atoms with E-state index in [1.54, 1.807) is 0 Å². The molecule has 1 aliphatic heterocycles. The largest absolute Gasteiger partial charge is 0.377 e. The number of rotatable bonds is 9. The average molecular weight is 341 g/mol. The van der Waals surface area contributed by atoms with E-state index in [9.17, 15) is 8.42 Å². The van der Waals surface area contributed by atoms with Gasteiger partial charge in [-0.15, -0.1) is 0 Å². The molecular formula is C16H27N3O3S. The van der Waals surface area contributed by atoms with Crippen LogP contribution in [-0.2, 0) is 21.5 Å². The van der Waals surface area contributed by atoms with E-state index >= 15 is 0 Å². The molecule has 0 aliphatic carbocycles. The number of hydrogen-bond donors (Lipinski definition) is 1. The number of ether oxygens (including phenoxy) is 1. The van der Waals surface area contributed by atoms with Crippen LogP contribution >= 0.6 is 0 Å². The maximum atomic E-state index is 12.6. The number of hydrogen-bond acceptors (Lipinski definition) is 4. The summed E-state index contributed by atoms with van der Waals surface area (Å²) in [7, 11) is 0.350. The Bertz CT molecular complexity index is 557. The highest BCUT2D eigenvalue weighted by atomic mass is 32.2.